The van der Waals surface area contributed by atoms with Crippen molar-refractivity contribution in [3.05, 3.63) is 60.4 Å². The van der Waals surface area contributed by atoms with E-state index in [1.807, 2.05) is 53.6 Å². The fraction of sp³-hybridized carbons (Fsp3) is 0.400. The van der Waals surface area contributed by atoms with Crippen molar-refractivity contribution in [3.63, 3.8) is 0 Å². The van der Waals surface area contributed by atoms with E-state index in [-0.39, 0.29) is 6.03 Å². The second-order valence-corrected chi connectivity index (χ2v) is 10.4. The van der Waals surface area contributed by atoms with E-state index in [1.54, 1.807) is 20.4 Å². The highest BCUT2D eigenvalue weighted by atomic mass is 19.4. The number of H-pyrrole nitrogens is 1. The van der Waals surface area contributed by atoms with Crippen molar-refractivity contribution in [2.24, 2.45) is 5.92 Å². The van der Waals surface area contributed by atoms with Gasteiger partial charge in [0.2, 0.25) is 0 Å². The lowest BCUT2D eigenvalue weighted by molar-refractivity contribution is -0.193. The minimum Gasteiger partial charge on any atom is -0.497 e. The molecule has 0 radical (unpaired) electrons. The fourth-order valence-electron chi connectivity index (χ4n) is 4.34. The van der Waals surface area contributed by atoms with Crippen LogP contribution >= 0.6 is 0 Å². The zero-order valence-corrected chi connectivity index (χ0v) is 26.1. The Morgan fingerprint density at radius 3 is 2.06 bits per heavy atom. The Morgan fingerprint density at radius 2 is 1.56 bits per heavy atom. The summed E-state index contributed by atoms with van der Waals surface area (Å²) in [6.45, 7) is 3.32. The Hall–Kier alpha value is -5.00. The van der Waals surface area contributed by atoms with Gasteiger partial charge in [-0.05, 0) is 74.3 Å². The number of amides is 2. The summed E-state index contributed by atoms with van der Waals surface area (Å²) < 4.78 is 74.4. The van der Waals surface area contributed by atoms with Crippen LogP contribution < -0.4 is 14.8 Å². The molecule has 18 heteroatoms. The first-order chi connectivity index (χ1) is 22.4. The number of aromatic amines is 1. The molecule has 0 unspecified atom stereocenters. The van der Waals surface area contributed by atoms with Crippen LogP contribution in [0.3, 0.4) is 0 Å². The molecule has 0 bridgehead atoms. The van der Waals surface area contributed by atoms with Gasteiger partial charge < -0.3 is 34.8 Å². The molecule has 0 spiro atoms. The number of piperidine rings is 1. The molecule has 0 aliphatic carbocycles. The summed E-state index contributed by atoms with van der Waals surface area (Å²) in [6, 6.07) is 13.5. The van der Waals surface area contributed by atoms with Crippen LogP contribution in [0.5, 0.6) is 11.5 Å². The van der Waals surface area contributed by atoms with Gasteiger partial charge in [-0.3, -0.25) is 5.10 Å². The predicted molar refractivity (Wildman–Crippen MR) is 161 cm³/mol. The quantitative estimate of drug-likeness (QED) is 0.217. The van der Waals surface area contributed by atoms with Gasteiger partial charge in [0.15, 0.2) is 0 Å². The SMILES string of the molecule is COc1cccc(CN(CC2CCN(C)CC2)C(=O)Nc2ccc(-c3cn[nH]c3)cc2OC)c1.O=C(O)C(F)(F)F.O=C(O)C(F)(F)F. The lowest BCUT2D eigenvalue weighted by atomic mass is 9.96. The fourth-order valence-corrected chi connectivity index (χ4v) is 4.34. The second kappa shape index (κ2) is 17.8. The monoisotopic (exact) mass is 691 g/mol. The van der Waals surface area contributed by atoms with E-state index in [1.165, 1.54) is 0 Å². The minimum atomic E-state index is -5.08. The Balaban J connectivity index is 0.000000479. The highest BCUT2D eigenvalue weighted by Gasteiger charge is 2.39. The zero-order valence-electron chi connectivity index (χ0n) is 26.1. The standard InChI is InChI=1S/C26H33N5O3.2C2HF3O2/c1-30-11-9-19(10-12-30)17-31(18-20-5-4-6-23(13-20)33-2)26(32)29-24-8-7-21(14-25(24)34-3)22-15-27-28-16-22;2*3-2(4,5)1(6)7/h4-8,13-16,19H,9-12,17-18H2,1-3H3,(H,27,28)(H,29,32);2*(H,6,7). The first-order valence-electron chi connectivity index (χ1n) is 14.1. The number of urea groups is 1. The molecule has 4 rings (SSSR count). The molecule has 1 aliphatic heterocycles. The van der Waals surface area contributed by atoms with Crippen molar-refractivity contribution in [1.82, 2.24) is 20.0 Å². The number of hydrogen-bond donors (Lipinski definition) is 4. The number of carbonyl (C=O) groups is 3. The van der Waals surface area contributed by atoms with Gasteiger partial charge in [0, 0.05) is 24.8 Å². The molecular weight excluding hydrogens is 656 g/mol. The van der Waals surface area contributed by atoms with E-state index in [4.69, 9.17) is 29.3 Å². The van der Waals surface area contributed by atoms with Gasteiger partial charge in [-0.2, -0.15) is 31.4 Å². The van der Waals surface area contributed by atoms with E-state index < -0.39 is 24.3 Å². The molecule has 4 N–H and O–H groups in total. The van der Waals surface area contributed by atoms with Crippen molar-refractivity contribution < 1.29 is 60.4 Å². The van der Waals surface area contributed by atoms with Crippen LogP contribution in [0.2, 0.25) is 0 Å². The summed E-state index contributed by atoms with van der Waals surface area (Å²) in [7, 11) is 5.41. The topological polar surface area (TPSA) is 157 Å². The number of carboxylic acid groups (broad SMARTS) is 2. The molecule has 264 valence electrons. The number of carboxylic acids is 2. The van der Waals surface area contributed by atoms with Gasteiger partial charge >= 0.3 is 30.3 Å². The summed E-state index contributed by atoms with van der Waals surface area (Å²) in [5.74, 6) is -3.65. The number of halogens is 6. The number of nitrogens with zero attached hydrogens (tertiary/aromatic N) is 3. The van der Waals surface area contributed by atoms with Crippen LogP contribution in [-0.4, -0.2) is 101 Å². The van der Waals surface area contributed by atoms with Crippen molar-refractivity contribution in [2.75, 3.05) is 46.2 Å². The smallest absolute Gasteiger partial charge is 0.490 e. The van der Waals surface area contributed by atoms with Gasteiger partial charge in [-0.1, -0.05) is 18.2 Å². The number of likely N-dealkylation sites (tertiary alicyclic amines) is 1. The van der Waals surface area contributed by atoms with Crippen molar-refractivity contribution >= 4 is 23.7 Å². The van der Waals surface area contributed by atoms with E-state index in [2.05, 4.69) is 27.5 Å². The van der Waals surface area contributed by atoms with Crippen LogP contribution in [0.15, 0.2) is 54.9 Å². The maximum absolute atomic E-state index is 13.5. The van der Waals surface area contributed by atoms with Gasteiger partial charge in [0.1, 0.15) is 11.5 Å². The van der Waals surface area contributed by atoms with Gasteiger partial charge in [-0.15, -0.1) is 0 Å². The first kappa shape index (κ1) is 39.2. The summed E-state index contributed by atoms with van der Waals surface area (Å²) in [6.07, 6.45) is -4.42. The van der Waals surface area contributed by atoms with E-state index in [0.717, 1.165) is 48.4 Å². The van der Waals surface area contributed by atoms with Gasteiger partial charge in [-0.25, -0.2) is 14.4 Å². The van der Waals surface area contributed by atoms with Crippen molar-refractivity contribution in [3.8, 4) is 22.6 Å². The number of methoxy groups -OCH3 is 2. The van der Waals surface area contributed by atoms with Crippen LogP contribution in [-0.2, 0) is 16.1 Å². The Labute approximate surface area is 271 Å². The number of carbonyl (C=O) groups excluding carboxylic acids is 1. The number of hydrogen-bond acceptors (Lipinski definition) is 7. The largest absolute Gasteiger partial charge is 0.497 e. The number of rotatable bonds is 8. The highest BCUT2D eigenvalue weighted by molar-refractivity contribution is 5.91. The molecule has 48 heavy (non-hydrogen) atoms. The normalized spacial score (nSPS) is 13.6. The molecule has 1 fully saturated rings. The molecule has 3 aromatic rings. The number of aliphatic carboxylic acids is 2. The summed E-state index contributed by atoms with van der Waals surface area (Å²) >= 11 is 0. The Bertz CT molecular complexity index is 1450. The minimum absolute atomic E-state index is 0.142. The van der Waals surface area contributed by atoms with Gasteiger partial charge in [0.05, 0.1) is 26.1 Å². The van der Waals surface area contributed by atoms with E-state index in [9.17, 15) is 31.1 Å². The Morgan fingerprint density at radius 1 is 0.958 bits per heavy atom. The molecule has 0 saturated carbocycles. The van der Waals surface area contributed by atoms with Crippen LogP contribution in [0, 0.1) is 5.92 Å². The van der Waals surface area contributed by atoms with E-state index >= 15 is 0 Å². The Kier molecular flexibility index (Phi) is 14.5. The average molecular weight is 692 g/mol. The number of nitrogens with one attached hydrogen (secondary N) is 2. The lowest BCUT2D eigenvalue weighted by Crippen LogP contribution is -2.41. The van der Waals surface area contributed by atoms with Crippen molar-refractivity contribution in [1.29, 1.82) is 0 Å². The maximum Gasteiger partial charge on any atom is 0.490 e. The molecule has 1 aliphatic rings. The average Bonchev–Trinajstić information content (AvgIpc) is 3.57. The predicted octanol–water partition coefficient (Wildman–Crippen LogP) is 5.74. The number of anilines is 1. The number of ether oxygens (including phenoxy) is 2. The summed E-state index contributed by atoms with van der Waals surface area (Å²) in [5, 5.41) is 24.2. The third-order valence-corrected chi connectivity index (χ3v) is 6.87. The molecule has 0 atom stereocenters. The molecular formula is C30H35F6N5O7. The third kappa shape index (κ3) is 13.0. The highest BCUT2D eigenvalue weighted by Crippen LogP contribution is 2.31. The maximum atomic E-state index is 13.5. The zero-order chi connectivity index (χ0) is 36.1. The molecule has 2 aromatic carbocycles. The first-order valence-corrected chi connectivity index (χ1v) is 14.1. The van der Waals surface area contributed by atoms with Gasteiger partial charge in [0.25, 0.3) is 0 Å². The van der Waals surface area contributed by atoms with Crippen LogP contribution in [0.25, 0.3) is 11.1 Å². The summed E-state index contributed by atoms with van der Waals surface area (Å²) in [4.78, 5) is 35.5. The van der Waals surface area contributed by atoms with Crippen molar-refractivity contribution in [2.45, 2.75) is 31.7 Å². The van der Waals surface area contributed by atoms with E-state index in [0.29, 0.717) is 30.4 Å². The molecule has 2 amide bonds. The molecule has 1 saturated heterocycles. The third-order valence-electron chi connectivity index (χ3n) is 6.87. The molecule has 12 nitrogen and oxygen atoms in total. The number of aromatic nitrogens is 2. The second-order valence-electron chi connectivity index (χ2n) is 10.4. The van der Waals surface area contributed by atoms with Crippen LogP contribution in [0.4, 0.5) is 36.8 Å². The number of benzene rings is 2. The lowest BCUT2D eigenvalue weighted by Gasteiger charge is -2.33. The molecule has 2 heterocycles. The summed E-state index contributed by atoms with van der Waals surface area (Å²) in [5.41, 5.74) is 3.59. The number of alkyl halides is 6. The molecule has 1 aromatic heterocycles. The van der Waals surface area contributed by atoms with Crippen LogP contribution in [0.1, 0.15) is 18.4 Å².